The molecule has 6 heterocycles. The van der Waals surface area contributed by atoms with Crippen molar-refractivity contribution in [1.29, 1.82) is 0 Å². The maximum atomic E-state index is 13.4. The summed E-state index contributed by atoms with van der Waals surface area (Å²) in [5.41, 5.74) is 5.27. The number of anilines is 3. The van der Waals surface area contributed by atoms with Gasteiger partial charge in [0, 0.05) is 67.2 Å². The van der Waals surface area contributed by atoms with E-state index >= 15 is 0 Å². The Kier molecular flexibility index (Phi) is 4.86. The number of carbonyl (C=O) groups is 1. The van der Waals surface area contributed by atoms with Crippen LogP contribution in [0.15, 0.2) is 47.8 Å². The van der Waals surface area contributed by atoms with E-state index < -0.39 is 0 Å². The summed E-state index contributed by atoms with van der Waals surface area (Å²) in [5.74, 6) is 1.40. The van der Waals surface area contributed by atoms with Crippen molar-refractivity contribution in [2.24, 2.45) is 5.41 Å². The second-order valence-corrected chi connectivity index (χ2v) is 10.9. The number of nitrogens with one attached hydrogen (secondary N) is 2. The van der Waals surface area contributed by atoms with Crippen molar-refractivity contribution < 1.29 is 4.79 Å². The van der Waals surface area contributed by atoms with Gasteiger partial charge in [-0.1, -0.05) is 5.10 Å². The Balaban J connectivity index is 1.15. The number of hydrogen-bond donors (Lipinski definition) is 2. The Morgan fingerprint density at radius 2 is 1.95 bits per heavy atom. The molecule has 0 bridgehead atoms. The second kappa shape index (κ2) is 8.09. The quantitative estimate of drug-likeness (QED) is 0.425. The molecule has 3 aliphatic rings. The molecular formula is C26H29N11O. The van der Waals surface area contributed by atoms with E-state index in [0.717, 1.165) is 59.9 Å². The van der Waals surface area contributed by atoms with Crippen LogP contribution in [0.4, 0.5) is 17.5 Å². The summed E-state index contributed by atoms with van der Waals surface area (Å²) in [4.78, 5) is 24.6. The highest BCUT2D eigenvalue weighted by atomic mass is 16.1. The van der Waals surface area contributed by atoms with Gasteiger partial charge in [0.1, 0.15) is 11.5 Å². The van der Waals surface area contributed by atoms with Crippen molar-refractivity contribution in [2.45, 2.75) is 19.9 Å². The van der Waals surface area contributed by atoms with Gasteiger partial charge < -0.3 is 20.0 Å². The number of pyridine rings is 1. The van der Waals surface area contributed by atoms with Gasteiger partial charge in [0.05, 0.1) is 17.1 Å². The van der Waals surface area contributed by atoms with Gasteiger partial charge in [-0.05, 0) is 61.7 Å². The molecule has 0 unspecified atom stereocenters. The zero-order chi connectivity index (χ0) is 26.2. The fraction of sp³-hybridized carbons (Fsp3) is 0.385. The maximum Gasteiger partial charge on any atom is 0.255 e. The summed E-state index contributed by atoms with van der Waals surface area (Å²) in [6.45, 7) is 8.23. The smallest absolute Gasteiger partial charge is 0.255 e. The Hall–Kier alpha value is -4.32. The van der Waals surface area contributed by atoms with Crippen molar-refractivity contribution >= 4 is 34.3 Å². The molecule has 194 valence electrons. The van der Waals surface area contributed by atoms with Crippen molar-refractivity contribution in [3.05, 3.63) is 47.8 Å². The summed E-state index contributed by atoms with van der Waals surface area (Å²) in [6, 6.07) is 9.57. The SMILES string of the molecule is CC1=C(C(=O)Nc2ccc3[nH]nc(-c4ccnc(N5CC6(CN(C)C6)C5)c4)c3c2)[C@@H](C)n2nnnc2N1C. The average Bonchev–Trinajstić information content (AvgIpc) is 3.52. The lowest BCUT2D eigenvalue weighted by atomic mass is 9.73. The monoisotopic (exact) mass is 511 g/mol. The highest BCUT2D eigenvalue weighted by Crippen LogP contribution is 2.41. The van der Waals surface area contributed by atoms with Crippen molar-refractivity contribution in [3.63, 3.8) is 0 Å². The van der Waals surface area contributed by atoms with Crippen LogP contribution in [0.25, 0.3) is 22.2 Å². The molecule has 1 spiro atoms. The normalized spacial score (nSPS) is 20.5. The predicted molar refractivity (Wildman–Crippen MR) is 144 cm³/mol. The molecule has 3 aliphatic heterocycles. The molecule has 0 aliphatic carbocycles. The standard InChI is InChI=1S/C26H29N11O/c1-15-22(16(2)37-25(35(15)4)31-32-33-37)24(38)28-18-5-6-20-19(10-18)23(30-29-20)17-7-8-27-21(9-17)36-13-26(14-36)11-34(3)12-26/h5-10,16H,11-14H2,1-4H3,(H,28,38)(H,29,30)/t16-/m1/s1. The first kappa shape index (κ1) is 22.8. The third kappa shape index (κ3) is 3.40. The molecule has 12 nitrogen and oxygen atoms in total. The second-order valence-electron chi connectivity index (χ2n) is 10.9. The number of tetrazole rings is 1. The molecule has 38 heavy (non-hydrogen) atoms. The first-order valence-electron chi connectivity index (χ1n) is 12.7. The third-order valence-corrected chi connectivity index (χ3v) is 8.12. The molecular weight excluding hydrogens is 482 g/mol. The molecule has 0 saturated carbocycles. The molecule has 0 radical (unpaired) electrons. The summed E-state index contributed by atoms with van der Waals surface area (Å²) in [7, 11) is 4.02. The number of hydrogen-bond acceptors (Lipinski definition) is 9. The highest BCUT2D eigenvalue weighted by molar-refractivity contribution is 6.07. The number of rotatable bonds is 4. The summed E-state index contributed by atoms with van der Waals surface area (Å²) >= 11 is 0. The van der Waals surface area contributed by atoms with Gasteiger partial charge in [0.25, 0.3) is 5.91 Å². The van der Waals surface area contributed by atoms with Crippen LogP contribution >= 0.6 is 0 Å². The van der Waals surface area contributed by atoms with Crippen molar-refractivity contribution in [1.82, 2.24) is 40.3 Å². The molecule has 1 amide bonds. The zero-order valence-corrected chi connectivity index (χ0v) is 21.8. The van der Waals surface area contributed by atoms with E-state index in [4.69, 9.17) is 0 Å². The third-order valence-electron chi connectivity index (χ3n) is 8.12. The number of likely N-dealkylation sites (tertiary alicyclic amines) is 1. The molecule has 3 aromatic heterocycles. The van der Waals surface area contributed by atoms with Crippen LogP contribution in [0.2, 0.25) is 0 Å². The molecule has 2 N–H and O–H groups in total. The molecule has 12 heteroatoms. The van der Waals surface area contributed by atoms with Gasteiger partial charge in [-0.25, -0.2) is 9.67 Å². The number of carbonyl (C=O) groups excluding carboxylic acids is 1. The van der Waals surface area contributed by atoms with Crippen LogP contribution in [-0.2, 0) is 4.79 Å². The summed E-state index contributed by atoms with van der Waals surface area (Å²) < 4.78 is 1.66. The van der Waals surface area contributed by atoms with Gasteiger partial charge in [-0.15, -0.1) is 0 Å². The maximum absolute atomic E-state index is 13.4. The van der Waals surface area contributed by atoms with Gasteiger partial charge in [0.2, 0.25) is 5.95 Å². The molecule has 7 rings (SSSR count). The number of aromatic amines is 1. The number of nitrogens with zero attached hydrogens (tertiary/aromatic N) is 9. The topological polar surface area (TPSA) is 124 Å². The summed E-state index contributed by atoms with van der Waals surface area (Å²) in [5, 5.41) is 23.7. The number of amides is 1. The van der Waals surface area contributed by atoms with Gasteiger partial charge in [-0.3, -0.25) is 9.89 Å². The van der Waals surface area contributed by atoms with E-state index in [1.54, 1.807) is 4.68 Å². The van der Waals surface area contributed by atoms with E-state index in [0.29, 0.717) is 22.6 Å². The van der Waals surface area contributed by atoms with E-state index in [1.807, 2.05) is 56.3 Å². The van der Waals surface area contributed by atoms with E-state index in [1.165, 1.54) is 0 Å². The van der Waals surface area contributed by atoms with E-state index in [-0.39, 0.29) is 11.9 Å². The van der Waals surface area contributed by atoms with Gasteiger partial charge >= 0.3 is 0 Å². The van der Waals surface area contributed by atoms with Crippen LogP contribution < -0.4 is 15.1 Å². The lowest BCUT2D eigenvalue weighted by Crippen LogP contribution is -2.71. The number of fused-ring (bicyclic) bond motifs is 2. The minimum Gasteiger partial charge on any atom is -0.355 e. The fourth-order valence-electron chi connectivity index (χ4n) is 6.24. The minimum atomic E-state index is -0.291. The van der Waals surface area contributed by atoms with Crippen LogP contribution in [0.1, 0.15) is 19.9 Å². The van der Waals surface area contributed by atoms with E-state index in [2.05, 4.69) is 58.9 Å². The zero-order valence-electron chi connectivity index (χ0n) is 21.8. The molecule has 1 aromatic carbocycles. The number of benzene rings is 1. The molecule has 1 atom stereocenters. The fourth-order valence-corrected chi connectivity index (χ4v) is 6.24. The Morgan fingerprint density at radius 3 is 2.74 bits per heavy atom. The highest BCUT2D eigenvalue weighted by Gasteiger charge is 2.50. The Labute approximate surface area is 219 Å². The van der Waals surface area contributed by atoms with Crippen LogP contribution in [0.5, 0.6) is 0 Å². The average molecular weight is 512 g/mol. The lowest BCUT2D eigenvalue weighted by molar-refractivity contribution is -0.113. The number of allylic oxidation sites excluding steroid dienone is 1. The van der Waals surface area contributed by atoms with Crippen LogP contribution in [-0.4, -0.2) is 86.5 Å². The largest absolute Gasteiger partial charge is 0.355 e. The Morgan fingerprint density at radius 1 is 1.13 bits per heavy atom. The first-order valence-corrected chi connectivity index (χ1v) is 12.7. The lowest BCUT2D eigenvalue weighted by Gasteiger charge is -2.59. The van der Waals surface area contributed by atoms with Crippen LogP contribution in [0.3, 0.4) is 0 Å². The number of H-pyrrole nitrogens is 1. The predicted octanol–water partition coefficient (Wildman–Crippen LogP) is 2.29. The molecule has 4 aromatic rings. The van der Waals surface area contributed by atoms with Crippen molar-refractivity contribution in [2.75, 3.05) is 55.4 Å². The van der Waals surface area contributed by atoms with Crippen molar-refractivity contribution in [3.8, 4) is 11.3 Å². The van der Waals surface area contributed by atoms with Gasteiger partial charge in [-0.2, -0.15) is 5.10 Å². The van der Waals surface area contributed by atoms with Gasteiger partial charge in [0.15, 0.2) is 0 Å². The number of aromatic nitrogens is 7. The van der Waals surface area contributed by atoms with E-state index in [9.17, 15) is 4.79 Å². The first-order chi connectivity index (χ1) is 18.3. The minimum absolute atomic E-state index is 0.188. The van der Waals surface area contributed by atoms with Crippen LogP contribution in [0, 0.1) is 5.41 Å². The Bertz CT molecular complexity index is 1600. The molecule has 2 saturated heterocycles. The summed E-state index contributed by atoms with van der Waals surface area (Å²) in [6.07, 6.45) is 1.85. The molecule has 2 fully saturated rings.